The van der Waals surface area contributed by atoms with E-state index in [0.717, 1.165) is 16.4 Å². The maximum atomic E-state index is 12.3. The first-order valence-corrected chi connectivity index (χ1v) is 8.99. The summed E-state index contributed by atoms with van der Waals surface area (Å²) in [6.07, 6.45) is 5.40. The Labute approximate surface area is 149 Å². The fraction of sp³-hybridized carbons (Fsp3) is 0.263. The van der Waals surface area contributed by atoms with Crippen molar-refractivity contribution in [2.75, 3.05) is 0 Å². The van der Waals surface area contributed by atoms with Crippen LogP contribution in [0.25, 0.3) is 23.2 Å². The molecule has 3 rings (SSSR count). The fourth-order valence-electron chi connectivity index (χ4n) is 2.49. The van der Waals surface area contributed by atoms with Gasteiger partial charge in [-0.1, -0.05) is 13.8 Å². The first-order chi connectivity index (χ1) is 12.0. The molecule has 0 aliphatic heterocycles. The highest BCUT2D eigenvalue weighted by Gasteiger charge is 2.09. The van der Waals surface area contributed by atoms with Crippen molar-refractivity contribution in [3.05, 3.63) is 55.9 Å². The van der Waals surface area contributed by atoms with Crippen LogP contribution in [-0.4, -0.2) is 14.5 Å². The molecule has 126 valence electrons. The lowest BCUT2D eigenvalue weighted by atomic mass is 10.2. The van der Waals surface area contributed by atoms with Gasteiger partial charge in [0.15, 0.2) is 0 Å². The predicted octanol–water partition coefficient (Wildman–Crippen LogP) is 4.04. The van der Waals surface area contributed by atoms with Gasteiger partial charge in [0.25, 0.3) is 0 Å². The number of nitrogens with zero attached hydrogens (tertiary/aromatic N) is 4. The Morgan fingerprint density at radius 1 is 1.32 bits per heavy atom. The normalized spacial score (nSPS) is 11.5. The van der Waals surface area contributed by atoms with Gasteiger partial charge >= 0.3 is 0 Å². The van der Waals surface area contributed by atoms with Crippen molar-refractivity contribution in [2.45, 2.75) is 33.2 Å². The molecule has 0 N–H and O–H groups in total. The minimum absolute atomic E-state index is 0.142. The summed E-state index contributed by atoms with van der Waals surface area (Å²) < 4.78 is 1.83. The summed E-state index contributed by atoms with van der Waals surface area (Å²) in [6, 6.07) is 5.48. The van der Waals surface area contributed by atoms with Crippen LogP contribution in [-0.2, 0) is 6.54 Å². The van der Waals surface area contributed by atoms with Crippen molar-refractivity contribution < 1.29 is 0 Å². The fourth-order valence-corrected chi connectivity index (χ4v) is 3.36. The minimum Gasteiger partial charge on any atom is -0.331 e. The van der Waals surface area contributed by atoms with Crippen LogP contribution in [0.1, 0.15) is 48.6 Å². The molecule has 3 aromatic heterocycles. The number of aromatic nitrogens is 3. The van der Waals surface area contributed by atoms with Crippen LogP contribution in [0.3, 0.4) is 0 Å². The zero-order valence-corrected chi connectivity index (χ0v) is 15.2. The van der Waals surface area contributed by atoms with E-state index in [2.05, 4.69) is 29.2 Å². The molecule has 0 fully saturated rings. The largest absolute Gasteiger partial charge is 0.331 e. The van der Waals surface area contributed by atoms with Crippen LogP contribution in [0.2, 0.25) is 0 Å². The number of hydrogen-bond donors (Lipinski definition) is 0. The van der Waals surface area contributed by atoms with E-state index in [0.29, 0.717) is 23.5 Å². The highest BCUT2D eigenvalue weighted by Crippen LogP contribution is 2.20. The second-order valence-electron chi connectivity index (χ2n) is 5.98. The average molecular weight is 350 g/mol. The van der Waals surface area contributed by atoms with Gasteiger partial charge in [-0.2, -0.15) is 5.26 Å². The van der Waals surface area contributed by atoms with E-state index in [1.165, 1.54) is 0 Å². The van der Waals surface area contributed by atoms with Crippen molar-refractivity contribution in [1.29, 1.82) is 5.26 Å². The number of hydrogen-bond acceptors (Lipinski definition) is 5. The van der Waals surface area contributed by atoms with Gasteiger partial charge in [0, 0.05) is 18.1 Å². The zero-order chi connectivity index (χ0) is 18.0. The van der Waals surface area contributed by atoms with Crippen molar-refractivity contribution in [2.24, 2.45) is 0 Å². The maximum absolute atomic E-state index is 12.3. The van der Waals surface area contributed by atoms with Crippen LogP contribution in [0.4, 0.5) is 0 Å². The van der Waals surface area contributed by atoms with Gasteiger partial charge in [-0.3, -0.25) is 4.79 Å². The molecule has 0 aliphatic carbocycles. The van der Waals surface area contributed by atoms with Gasteiger partial charge < -0.3 is 4.57 Å². The Kier molecular flexibility index (Phi) is 4.77. The van der Waals surface area contributed by atoms with E-state index in [-0.39, 0.29) is 11.0 Å². The highest BCUT2D eigenvalue weighted by molar-refractivity contribution is 7.10. The molecular weight excluding hydrogens is 332 g/mol. The van der Waals surface area contributed by atoms with Crippen LogP contribution in [0.5, 0.6) is 0 Å². The third-order valence-corrected chi connectivity index (χ3v) is 4.76. The van der Waals surface area contributed by atoms with Gasteiger partial charge in [-0.25, -0.2) is 9.97 Å². The molecule has 0 bridgehead atoms. The van der Waals surface area contributed by atoms with E-state index in [1.54, 1.807) is 29.7 Å². The van der Waals surface area contributed by atoms with Crippen LogP contribution in [0, 0.1) is 11.3 Å². The van der Waals surface area contributed by atoms with Crippen molar-refractivity contribution >= 4 is 34.5 Å². The summed E-state index contributed by atoms with van der Waals surface area (Å²) in [4.78, 5) is 21.4. The lowest BCUT2D eigenvalue weighted by Crippen LogP contribution is -2.13. The van der Waals surface area contributed by atoms with Crippen LogP contribution in [0.15, 0.2) is 28.5 Å². The molecule has 0 unspecified atom stereocenters. The Morgan fingerprint density at radius 2 is 2.12 bits per heavy atom. The number of aryl methyl sites for hydroxylation is 1. The molecule has 0 amide bonds. The third kappa shape index (κ3) is 3.37. The minimum atomic E-state index is -0.272. The second-order valence-corrected chi connectivity index (χ2v) is 6.87. The van der Waals surface area contributed by atoms with Gasteiger partial charge in [-0.05, 0) is 37.1 Å². The lowest BCUT2D eigenvalue weighted by molar-refractivity contribution is 0.775. The SMILES string of the molecule is CCn1cc(C#N)c(=O)c2ccc(C=Cc3nc(C(C)C)cs3)nc21. The van der Waals surface area contributed by atoms with Crippen molar-refractivity contribution in [3.63, 3.8) is 0 Å². The summed E-state index contributed by atoms with van der Waals surface area (Å²) in [5.74, 6) is 0.408. The Hall–Kier alpha value is -2.78. The molecule has 0 aromatic carbocycles. The number of thiazole rings is 1. The number of nitriles is 1. The Morgan fingerprint density at radius 3 is 2.76 bits per heavy atom. The highest BCUT2D eigenvalue weighted by atomic mass is 32.1. The number of pyridine rings is 2. The van der Waals surface area contributed by atoms with Crippen LogP contribution < -0.4 is 5.43 Å². The first-order valence-electron chi connectivity index (χ1n) is 8.11. The molecule has 6 heteroatoms. The Balaban J connectivity index is 2.02. The summed E-state index contributed by atoms with van der Waals surface area (Å²) in [6.45, 7) is 6.83. The average Bonchev–Trinajstić information content (AvgIpc) is 3.10. The van der Waals surface area contributed by atoms with E-state index in [9.17, 15) is 4.79 Å². The predicted molar refractivity (Wildman–Crippen MR) is 102 cm³/mol. The quantitative estimate of drug-likeness (QED) is 0.712. The second kappa shape index (κ2) is 6.99. The summed E-state index contributed by atoms with van der Waals surface area (Å²) in [5, 5.41) is 12.6. The Bertz CT molecular complexity index is 1050. The third-order valence-electron chi connectivity index (χ3n) is 3.93. The van der Waals surface area contributed by atoms with E-state index in [1.807, 2.05) is 29.7 Å². The monoisotopic (exact) mass is 350 g/mol. The van der Waals surface area contributed by atoms with Crippen molar-refractivity contribution in [1.82, 2.24) is 14.5 Å². The molecule has 0 spiro atoms. The molecule has 0 aliphatic rings. The smallest absolute Gasteiger partial charge is 0.208 e. The number of rotatable bonds is 4. The van der Waals surface area contributed by atoms with E-state index >= 15 is 0 Å². The molecule has 5 nitrogen and oxygen atoms in total. The van der Waals surface area contributed by atoms with Gasteiger partial charge in [0.1, 0.15) is 22.3 Å². The summed E-state index contributed by atoms with van der Waals surface area (Å²) in [7, 11) is 0. The maximum Gasteiger partial charge on any atom is 0.208 e. The molecule has 0 saturated heterocycles. The van der Waals surface area contributed by atoms with Crippen LogP contribution >= 0.6 is 11.3 Å². The molecule has 0 saturated carbocycles. The topological polar surface area (TPSA) is 71.6 Å². The molecule has 3 aromatic rings. The zero-order valence-electron chi connectivity index (χ0n) is 14.4. The first kappa shape index (κ1) is 17.1. The van der Waals surface area contributed by atoms with E-state index < -0.39 is 0 Å². The number of fused-ring (bicyclic) bond motifs is 1. The van der Waals surface area contributed by atoms with Gasteiger partial charge in [-0.15, -0.1) is 11.3 Å². The molecule has 25 heavy (non-hydrogen) atoms. The van der Waals surface area contributed by atoms with Gasteiger partial charge in [0.2, 0.25) is 5.43 Å². The standard InChI is InChI=1S/C19H18N4OS/c1-4-23-10-13(9-20)18(24)15-7-5-14(21-19(15)23)6-8-17-22-16(11-25-17)12(2)3/h5-8,10-12H,4H2,1-3H3. The molecule has 0 radical (unpaired) electrons. The van der Waals surface area contributed by atoms with Gasteiger partial charge in [0.05, 0.1) is 16.8 Å². The summed E-state index contributed by atoms with van der Waals surface area (Å²) >= 11 is 1.60. The molecule has 3 heterocycles. The molecule has 0 atom stereocenters. The lowest BCUT2D eigenvalue weighted by Gasteiger charge is -2.08. The summed E-state index contributed by atoms with van der Waals surface area (Å²) in [5.41, 5.74) is 2.30. The van der Waals surface area contributed by atoms with E-state index in [4.69, 9.17) is 5.26 Å². The van der Waals surface area contributed by atoms with Crippen molar-refractivity contribution in [3.8, 4) is 6.07 Å². The molecular formula is C19H18N4OS.